The van der Waals surface area contributed by atoms with Crippen LogP contribution in [-0.2, 0) is 14.2 Å². The molecule has 0 amide bonds. The van der Waals surface area contributed by atoms with Crippen molar-refractivity contribution in [3.8, 4) is 0 Å². The van der Waals surface area contributed by atoms with Crippen molar-refractivity contribution in [2.75, 3.05) is 0 Å². The van der Waals surface area contributed by atoms with E-state index in [1.165, 1.54) is 0 Å². The van der Waals surface area contributed by atoms with Crippen LogP contribution in [0, 0.1) is 0 Å². The third-order valence-electron chi connectivity index (χ3n) is 2.28. The van der Waals surface area contributed by atoms with Crippen LogP contribution in [0.2, 0.25) is 0 Å². The quantitative estimate of drug-likeness (QED) is 0.602. The van der Waals surface area contributed by atoms with Crippen molar-refractivity contribution in [1.82, 2.24) is 0 Å². The lowest BCUT2D eigenvalue weighted by atomic mass is 10.1. The number of aliphatic hydroxyl groups excluding tert-OH is 1. The summed E-state index contributed by atoms with van der Waals surface area (Å²) in [6.45, 7) is 7.15. The number of ether oxygens (including phenoxy) is 3. The van der Waals surface area contributed by atoms with Crippen LogP contribution in [-0.4, -0.2) is 35.5 Å². The maximum Gasteiger partial charge on any atom is 0.190 e. The molecule has 0 unspecified atom stereocenters. The average Bonchev–Trinajstić information content (AvgIpc) is 2.47. The normalized spacial score (nSPS) is 47.6. The number of fused-ring (bicyclic) bond motifs is 1. The molecule has 0 aromatic carbocycles. The van der Waals surface area contributed by atoms with Crippen LogP contribution < -0.4 is 0 Å². The van der Waals surface area contributed by atoms with Crippen LogP contribution >= 0.6 is 0 Å². The van der Waals surface area contributed by atoms with Gasteiger partial charge in [0.2, 0.25) is 0 Å². The maximum absolute atomic E-state index is 9.69. The zero-order valence-corrected chi connectivity index (χ0v) is 7.77. The van der Waals surface area contributed by atoms with Gasteiger partial charge in [-0.2, -0.15) is 0 Å². The summed E-state index contributed by atoms with van der Waals surface area (Å²) in [6, 6.07) is 0. The molecule has 1 N–H and O–H groups in total. The lowest BCUT2D eigenvalue weighted by Crippen LogP contribution is -2.33. The van der Waals surface area contributed by atoms with E-state index < -0.39 is 24.3 Å². The van der Waals surface area contributed by atoms with Crippen LogP contribution in [0.15, 0.2) is 12.7 Å². The van der Waals surface area contributed by atoms with Gasteiger partial charge in [-0.15, -0.1) is 6.58 Å². The summed E-state index contributed by atoms with van der Waals surface area (Å²) in [4.78, 5) is 0. The Morgan fingerprint density at radius 1 is 1.38 bits per heavy atom. The van der Waals surface area contributed by atoms with Crippen LogP contribution in [0.1, 0.15) is 13.8 Å². The number of hydrogen-bond donors (Lipinski definition) is 1. The maximum atomic E-state index is 9.69. The van der Waals surface area contributed by atoms with E-state index in [0.717, 1.165) is 0 Å². The monoisotopic (exact) mass is 186 g/mol. The third kappa shape index (κ3) is 1.40. The van der Waals surface area contributed by atoms with Gasteiger partial charge in [0.05, 0.1) is 0 Å². The van der Waals surface area contributed by atoms with Crippen molar-refractivity contribution < 1.29 is 19.3 Å². The Morgan fingerprint density at radius 2 is 2.08 bits per heavy atom. The molecule has 0 aromatic heterocycles. The zero-order chi connectivity index (χ0) is 9.64. The van der Waals surface area contributed by atoms with Crippen LogP contribution in [0.3, 0.4) is 0 Å². The topological polar surface area (TPSA) is 47.9 Å². The lowest BCUT2D eigenvalue weighted by Gasteiger charge is -2.21. The second-order valence-corrected chi connectivity index (χ2v) is 3.80. The van der Waals surface area contributed by atoms with Gasteiger partial charge >= 0.3 is 0 Å². The summed E-state index contributed by atoms with van der Waals surface area (Å²) in [7, 11) is 0. The Bertz CT molecular complexity index is 226. The van der Waals surface area contributed by atoms with Crippen molar-refractivity contribution >= 4 is 0 Å². The first-order chi connectivity index (χ1) is 6.03. The van der Waals surface area contributed by atoms with E-state index in [2.05, 4.69) is 6.58 Å². The first-order valence-corrected chi connectivity index (χ1v) is 4.35. The first-order valence-electron chi connectivity index (χ1n) is 4.35. The second-order valence-electron chi connectivity index (χ2n) is 3.80. The summed E-state index contributed by atoms with van der Waals surface area (Å²) in [5.74, 6) is -0.664. The van der Waals surface area contributed by atoms with Crippen molar-refractivity contribution in [1.29, 1.82) is 0 Å². The lowest BCUT2D eigenvalue weighted by molar-refractivity contribution is -0.209. The van der Waals surface area contributed by atoms with Gasteiger partial charge in [-0.1, -0.05) is 6.08 Å². The van der Waals surface area contributed by atoms with E-state index in [9.17, 15) is 5.11 Å². The molecule has 0 spiro atoms. The summed E-state index contributed by atoms with van der Waals surface area (Å²) in [5.41, 5.74) is 0. The molecule has 2 aliphatic heterocycles. The van der Waals surface area contributed by atoms with Gasteiger partial charge in [-0.25, -0.2) is 0 Å². The highest BCUT2D eigenvalue weighted by atomic mass is 16.8. The van der Waals surface area contributed by atoms with Gasteiger partial charge in [0, 0.05) is 0 Å². The van der Waals surface area contributed by atoms with E-state index in [1.807, 2.05) is 0 Å². The Labute approximate surface area is 77.1 Å². The molecule has 4 heteroatoms. The second kappa shape index (κ2) is 2.78. The molecule has 0 aliphatic carbocycles. The minimum Gasteiger partial charge on any atom is -0.387 e. The molecule has 4 atom stereocenters. The van der Waals surface area contributed by atoms with E-state index in [1.54, 1.807) is 19.9 Å². The highest BCUT2D eigenvalue weighted by molar-refractivity contribution is 4.99. The number of rotatable bonds is 1. The molecule has 2 saturated heterocycles. The first kappa shape index (κ1) is 9.15. The number of aliphatic hydroxyl groups is 1. The predicted molar refractivity (Wildman–Crippen MR) is 44.9 cm³/mol. The molecule has 2 aliphatic rings. The Kier molecular flexibility index (Phi) is 1.96. The minimum absolute atomic E-state index is 0.383. The van der Waals surface area contributed by atoms with Crippen LogP contribution in [0.5, 0.6) is 0 Å². The summed E-state index contributed by atoms with van der Waals surface area (Å²) in [5, 5.41) is 9.69. The van der Waals surface area contributed by atoms with Crippen molar-refractivity contribution in [3.63, 3.8) is 0 Å². The molecule has 0 bridgehead atoms. The predicted octanol–water partition coefficient (Wildman–Crippen LogP) is 0.410. The molecule has 0 radical (unpaired) electrons. The van der Waals surface area contributed by atoms with Gasteiger partial charge in [0.1, 0.15) is 18.3 Å². The smallest absolute Gasteiger partial charge is 0.190 e. The molecule has 0 saturated carbocycles. The molecule has 2 fully saturated rings. The van der Waals surface area contributed by atoms with Gasteiger partial charge in [0.15, 0.2) is 12.1 Å². The third-order valence-corrected chi connectivity index (χ3v) is 2.28. The number of hydrogen-bond acceptors (Lipinski definition) is 4. The molecular weight excluding hydrogens is 172 g/mol. The highest BCUT2D eigenvalue weighted by Gasteiger charge is 2.53. The molecule has 2 rings (SSSR count). The Balaban J connectivity index is 2.11. The standard InChI is InChI=1S/C9H14O4/c1-4-5-6(10)7-8(11-5)13-9(2,3)12-7/h4-8,10H,1H2,2-3H3/t5-,6+,7+,8-/m1/s1. The van der Waals surface area contributed by atoms with E-state index in [-0.39, 0.29) is 6.10 Å². The Morgan fingerprint density at radius 3 is 2.62 bits per heavy atom. The fourth-order valence-electron chi connectivity index (χ4n) is 1.71. The van der Waals surface area contributed by atoms with Crippen molar-refractivity contribution in [3.05, 3.63) is 12.7 Å². The average molecular weight is 186 g/mol. The summed E-state index contributed by atoms with van der Waals surface area (Å²) in [6.07, 6.45) is -0.357. The zero-order valence-electron chi connectivity index (χ0n) is 7.77. The highest BCUT2D eigenvalue weighted by Crippen LogP contribution is 2.37. The summed E-state index contributed by atoms with van der Waals surface area (Å²) >= 11 is 0. The van der Waals surface area contributed by atoms with Crippen molar-refractivity contribution in [2.24, 2.45) is 0 Å². The largest absolute Gasteiger partial charge is 0.387 e. The Hall–Kier alpha value is -0.420. The fourth-order valence-corrected chi connectivity index (χ4v) is 1.71. The molecule has 13 heavy (non-hydrogen) atoms. The molecule has 2 heterocycles. The van der Waals surface area contributed by atoms with E-state index in [0.29, 0.717) is 0 Å². The minimum atomic E-state index is -0.677. The van der Waals surface area contributed by atoms with Gasteiger partial charge in [-0.05, 0) is 13.8 Å². The van der Waals surface area contributed by atoms with E-state index in [4.69, 9.17) is 14.2 Å². The van der Waals surface area contributed by atoms with Crippen LogP contribution in [0.4, 0.5) is 0 Å². The molecule has 4 nitrogen and oxygen atoms in total. The molecule has 74 valence electrons. The molecule has 0 aromatic rings. The SMILES string of the molecule is C=C[C@H]1O[C@@H]2OC(C)(C)O[C@H]2[C@H]1O. The van der Waals surface area contributed by atoms with Crippen molar-refractivity contribution in [2.45, 2.75) is 44.2 Å². The van der Waals surface area contributed by atoms with Gasteiger partial charge < -0.3 is 19.3 Å². The van der Waals surface area contributed by atoms with Crippen LogP contribution in [0.25, 0.3) is 0 Å². The summed E-state index contributed by atoms with van der Waals surface area (Å²) < 4.78 is 16.3. The van der Waals surface area contributed by atoms with Gasteiger partial charge in [-0.3, -0.25) is 0 Å². The van der Waals surface area contributed by atoms with Gasteiger partial charge in [0.25, 0.3) is 0 Å². The fraction of sp³-hybridized carbons (Fsp3) is 0.778. The molecular formula is C9H14O4. The van der Waals surface area contributed by atoms with E-state index >= 15 is 0 Å².